The van der Waals surface area contributed by atoms with Crippen molar-refractivity contribution in [3.05, 3.63) is 89.4 Å². The second-order valence-corrected chi connectivity index (χ2v) is 7.34. The summed E-state index contributed by atoms with van der Waals surface area (Å²) in [5, 5.41) is 2.41. The van der Waals surface area contributed by atoms with E-state index >= 15 is 0 Å². The fraction of sp³-hybridized carbons (Fsp3) is 0.160. The van der Waals surface area contributed by atoms with Crippen molar-refractivity contribution in [1.82, 2.24) is 0 Å². The summed E-state index contributed by atoms with van der Waals surface area (Å²) in [4.78, 5) is 0. The first-order valence-electron chi connectivity index (χ1n) is 9.20. The van der Waals surface area contributed by atoms with Crippen molar-refractivity contribution in [2.75, 3.05) is 0 Å². The molecule has 0 spiro atoms. The first-order chi connectivity index (χ1) is 12.9. The van der Waals surface area contributed by atoms with Gasteiger partial charge in [-0.05, 0) is 78.7 Å². The Labute approximate surface area is 159 Å². The van der Waals surface area contributed by atoms with E-state index in [9.17, 15) is 4.39 Å². The molecule has 0 aliphatic heterocycles. The number of pyridine rings is 1. The van der Waals surface area contributed by atoms with Gasteiger partial charge in [-0.25, -0.2) is 8.96 Å². The Morgan fingerprint density at radius 2 is 1.48 bits per heavy atom. The minimum Gasteiger partial charge on any atom is -0.207 e. The fourth-order valence-electron chi connectivity index (χ4n) is 3.82. The molecule has 2 heteroatoms. The maximum atomic E-state index is 13.2. The van der Waals surface area contributed by atoms with Gasteiger partial charge in [-0.3, -0.25) is 0 Å². The zero-order valence-electron chi connectivity index (χ0n) is 16.2. The summed E-state index contributed by atoms with van der Waals surface area (Å²) in [7, 11) is 2.10. The second kappa shape index (κ2) is 6.62. The summed E-state index contributed by atoms with van der Waals surface area (Å²) in [5.41, 5.74) is 8.51. The van der Waals surface area contributed by atoms with Crippen molar-refractivity contribution in [1.29, 1.82) is 0 Å². The van der Waals surface area contributed by atoms with Crippen molar-refractivity contribution < 1.29 is 8.96 Å². The molecule has 1 aromatic heterocycles. The summed E-state index contributed by atoms with van der Waals surface area (Å²) >= 11 is 0. The molecule has 1 nitrogen and oxygen atoms in total. The fourth-order valence-corrected chi connectivity index (χ4v) is 3.82. The molecule has 0 amide bonds. The maximum absolute atomic E-state index is 13.2. The van der Waals surface area contributed by atoms with Gasteiger partial charge in [0.25, 0.3) is 0 Å². The Morgan fingerprint density at radius 1 is 0.778 bits per heavy atom. The number of halogens is 1. The SMILES string of the molecule is Cc1cc(C)c(C)c(-c2c3ccc(-c4ccc(F)cc4)cc3cc[n+]2C)c1. The highest BCUT2D eigenvalue weighted by Crippen LogP contribution is 2.32. The van der Waals surface area contributed by atoms with Crippen LogP contribution in [0.25, 0.3) is 33.2 Å². The smallest absolute Gasteiger partial charge is 0.207 e. The molecule has 0 radical (unpaired) electrons. The number of hydrogen-bond acceptors (Lipinski definition) is 0. The highest BCUT2D eigenvalue weighted by atomic mass is 19.1. The first-order valence-corrected chi connectivity index (χ1v) is 9.20. The summed E-state index contributed by atoms with van der Waals surface area (Å²) in [5.74, 6) is -0.209. The van der Waals surface area contributed by atoms with Crippen LogP contribution in [-0.4, -0.2) is 0 Å². The summed E-state index contributed by atoms with van der Waals surface area (Å²) in [6.07, 6.45) is 2.11. The molecule has 0 saturated heterocycles. The lowest BCUT2D eigenvalue weighted by atomic mass is 9.93. The predicted molar refractivity (Wildman–Crippen MR) is 110 cm³/mol. The summed E-state index contributed by atoms with van der Waals surface area (Å²) < 4.78 is 15.4. The van der Waals surface area contributed by atoms with Crippen molar-refractivity contribution in [3.63, 3.8) is 0 Å². The third-order valence-electron chi connectivity index (χ3n) is 5.38. The molecular formula is C25H23FN+. The Hall–Kier alpha value is -3.00. The van der Waals surface area contributed by atoms with E-state index in [0.29, 0.717) is 0 Å². The molecule has 27 heavy (non-hydrogen) atoms. The predicted octanol–water partition coefficient (Wildman–Crippen LogP) is 6.06. The third kappa shape index (κ3) is 3.12. The van der Waals surface area contributed by atoms with Crippen LogP contribution < -0.4 is 4.57 Å². The Morgan fingerprint density at radius 3 is 2.22 bits per heavy atom. The standard InChI is InChI=1S/C25H23FN/c1-16-13-17(2)18(3)24(14-16)25-23-10-7-20(15-21(23)11-12-27(25)4)19-5-8-22(26)9-6-19/h5-15H,1-4H3/q+1. The molecular weight excluding hydrogens is 333 g/mol. The lowest BCUT2D eigenvalue weighted by molar-refractivity contribution is -0.659. The zero-order valence-corrected chi connectivity index (χ0v) is 16.2. The van der Waals surface area contributed by atoms with Crippen LogP contribution in [0, 0.1) is 26.6 Å². The minimum atomic E-state index is -0.209. The van der Waals surface area contributed by atoms with Crippen LogP contribution in [0.4, 0.5) is 4.39 Å². The average Bonchev–Trinajstić information content (AvgIpc) is 2.65. The van der Waals surface area contributed by atoms with E-state index in [2.05, 4.69) is 75.0 Å². The van der Waals surface area contributed by atoms with Gasteiger partial charge in [0.05, 0.1) is 10.9 Å². The highest BCUT2D eigenvalue weighted by molar-refractivity contribution is 5.96. The highest BCUT2D eigenvalue weighted by Gasteiger charge is 2.18. The largest absolute Gasteiger partial charge is 0.220 e. The van der Waals surface area contributed by atoms with Crippen molar-refractivity contribution in [3.8, 4) is 22.4 Å². The second-order valence-electron chi connectivity index (χ2n) is 7.34. The quantitative estimate of drug-likeness (QED) is 0.384. The molecule has 1 heterocycles. The van der Waals surface area contributed by atoms with E-state index in [4.69, 9.17) is 0 Å². The van der Waals surface area contributed by atoms with Gasteiger partial charge in [0.15, 0.2) is 6.20 Å². The third-order valence-corrected chi connectivity index (χ3v) is 5.38. The van der Waals surface area contributed by atoms with Gasteiger partial charge in [0.1, 0.15) is 12.9 Å². The van der Waals surface area contributed by atoms with Gasteiger partial charge < -0.3 is 0 Å². The monoisotopic (exact) mass is 356 g/mol. The Bertz CT molecular complexity index is 1160. The molecule has 0 saturated carbocycles. The van der Waals surface area contributed by atoms with Gasteiger partial charge in [0, 0.05) is 6.07 Å². The van der Waals surface area contributed by atoms with Crippen LogP contribution >= 0.6 is 0 Å². The molecule has 0 aliphatic rings. The molecule has 3 aromatic carbocycles. The maximum Gasteiger partial charge on any atom is 0.220 e. The zero-order chi connectivity index (χ0) is 19.1. The van der Waals surface area contributed by atoms with Crippen LogP contribution in [0.3, 0.4) is 0 Å². The Balaban J connectivity index is 1.95. The molecule has 0 N–H and O–H groups in total. The van der Waals surface area contributed by atoms with E-state index in [0.717, 1.165) is 11.1 Å². The lowest BCUT2D eigenvalue weighted by Crippen LogP contribution is -2.30. The van der Waals surface area contributed by atoms with Crippen LogP contribution in [0.2, 0.25) is 0 Å². The topological polar surface area (TPSA) is 3.88 Å². The van der Waals surface area contributed by atoms with E-state index < -0.39 is 0 Å². The number of hydrogen-bond donors (Lipinski definition) is 0. The average molecular weight is 356 g/mol. The molecule has 134 valence electrons. The van der Waals surface area contributed by atoms with Crippen LogP contribution in [-0.2, 0) is 7.05 Å². The number of aryl methyl sites for hydroxylation is 3. The normalized spacial score (nSPS) is 11.1. The van der Waals surface area contributed by atoms with E-state index in [1.54, 1.807) is 0 Å². The van der Waals surface area contributed by atoms with Crippen molar-refractivity contribution >= 4 is 10.8 Å². The van der Waals surface area contributed by atoms with Crippen molar-refractivity contribution in [2.45, 2.75) is 20.8 Å². The Kier molecular flexibility index (Phi) is 4.27. The molecule has 0 bridgehead atoms. The molecule has 4 aromatic rings. The van der Waals surface area contributed by atoms with Gasteiger partial charge in [0.2, 0.25) is 5.69 Å². The molecule has 4 rings (SSSR count). The van der Waals surface area contributed by atoms with E-state index in [1.807, 2.05) is 12.1 Å². The van der Waals surface area contributed by atoms with E-state index in [-0.39, 0.29) is 5.82 Å². The molecule has 0 atom stereocenters. The summed E-state index contributed by atoms with van der Waals surface area (Å²) in [6.45, 7) is 6.51. The lowest BCUT2D eigenvalue weighted by Gasteiger charge is -2.12. The van der Waals surface area contributed by atoms with E-state index in [1.165, 1.54) is 50.9 Å². The van der Waals surface area contributed by atoms with Gasteiger partial charge in [-0.1, -0.05) is 29.8 Å². The first kappa shape index (κ1) is 17.4. The summed E-state index contributed by atoms with van der Waals surface area (Å²) in [6, 6.07) is 19.8. The number of fused-ring (bicyclic) bond motifs is 1. The number of nitrogens with zero attached hydrogens (tertiary/aromatic N) is 1. The minimum absolute atomic E-state index is 0.209. The van der Waals surface area contributed by atoms with Gasteiger partial charge >= 0.3 is 0 Å². The van der Waals surface area contributed by atoms with Gasteiger partial charge in [-0.15, -0.1) is 0 Å². The van der Waals surface area contributed by atoms with Crippen molar-refractivity contribution in [2.24, 2.45) is 7.05 Å². The molecule has 0 aliphatic carbocycles. The van der Waals surface area contributed by atoms with Gasteiger partial charge in [-0.2, -0.15) is 0 Å². The van der Waals surface area contributed by atoms with Crippen LogP contribution in [0.15, 0.2) is 66.9 Å². The number of benzene rings is 3. The van der Waals surface area contributed by atoms with Crippen LogP contribution in [0.1, 0.15) is 16.7 Å². The van der Waals surface area contributed by atoms with Crippen LogP contribution in [0.5, 0.6) is 0 Å². The molecule has 0 unspecified atom stereocenters. The number of rotatable bonds is 2. The number of aromatic nitrogens is 1. The molecule has 0 fully saturated rings.